The molecular weight excluding hydrogens is 208 g/mol. The summed E-state index contributed by atoms with van der Waals surface area (Å²) in [5.74, 6) is 0.836. The predicted molar refractivity (Wildman–Crippen MR) is 66.3 cm³/mol. The fraction of sp³-hybridized carbons (Fsp3) is 0.909. The van der Waals surface area contributed by atoms with Crippen LogP contribution >= 0.6 is 11.8 Å². The van der Waals surface area contributed by atoms with Crippen molar-refractivity contribution in [2.24, 2.45) is 5.92 Å². The first kappa shape index (κ1) is 12.7. The molecule has 15 heavy (non-hydrogen) atoms. The minimum atomic E-state index is -0.0450. The van der Waals surface area contributed by atoms with Crippen molar-refractivity contribution in [3.8, 4) is 0 Å². The van der Waals surface area contributed by atoms with Gasteiger partial charge in [-0.05, 0) is 37.9 Å². The number of amides is 2. The molecule has 1 rings (SSSR count). The molecule has 1 aliphatic carbocycles. The van der Waals surface area contributed by atoms with Gasteiger partial charge in [0.2, 0.25) is 0 Å². The zero-order valence-electron chi connectivity index (χ0n) is 9.88. The van der Waals surface area contributed by atoms with Crippen LogP contribution in [0.3, 0.4) is 0 Å². The average Bonchev–Trinajstić information content (AvgIpc) is 2.29. The molecule has 2 N–H and O–H groups in total. The van der Waals surface area contributed by atoms with Gasteiger partial charge in [0.25, 0.3) is 0 Å². The van der Waals surface area contributed by atoms with Crippen molar-refractivity contribution in [2.45, 2.75) is 43.9 Å². The van der Waals surface area contributed by atoms with E-state index < -0.39 is 0 Å². The van der Waals surface area contributed by atoms with Gasteiger partial charge in [-0.1, -0.05) is 6.92 Å². The van der Waals surface area contributed by atoms with Gasteiger partial charge in [-0.25, -0.2) is 4.79 Å². The summed E-state index contributed by atoms with van der Waals surface area (Å²) in [7, 11) is 1.66. The number of carbonyl (C=O) groups excluding carboxylic acids is 1. The van der Waals surface area contributed by atoms with Crippen molar-refractivity contribution in [3.63, 3.8) is 0 Å². The third-order valence-electron chi connectivity index (χ3n) is 3.37. The third kappa shape index (κ3) is 3.93. The lowest BCUT2D eigenvalue weighted by molar-refractivity contribution is 0.229. The van der Waals surface area contributed by atoms with Crippen molar-refractivity contribution in [3.05, 3.63) is 0 Å². The predicted octanol–water partition coefficient (Wildman–Crippen LogP) is 2.23. The first-order valence-electron chi connectivity index (χ1n) is 5.68. The molecule has 0 heterocycles. The zero-order valence-corrected chi connectivity index (χ0v) is 10.7. The van der Waals surface area contributed by atoms with Gasteiger partial charge in [-0.15, -0.1) is 0 Å². The highest BCUT2D eigenvalue weighted by Gasteiger charge is 2.25. The minimum absolute atomic E-state index is 0.0450. The van der Waals surface area contributed by atoms with Crippen LogP contribution in [0.1, 0.15) is 32.6 Å². The number of hydrogen-bond donors (Lipinski definition) is 2. The van der Waals surface area contributed by atoms with Crippen LogP contribution in [-0.4, -0.2) is 30.6 Å². The van der Waals surface area contributed by atoms with E-state index >= 15 is 0 Å². The second-order valence-corrected chi connectivity index (χ2v) is 5.49. The van der Waals surface area contributed by atoms with Crippen LogP contribution in [0.25, 0.3) is 0 Å². The van der Waals surface area contributed by atoms with Crippen molar-refractivity contribution < 1.29 is 4.79 Å². The van der Waals surface area contributed by atoms with E-state index in [1.807, 2.05) is 11.8 Å². The molecular formula is C11H22N2OS. The van der Waals surface area contributed by atoms with E-state index in [9.17, 15) is 4.79 Å². The molecule has 0 saturated heterocycles. The highest BCUT2D eigenvalue weighted by molar-refractivity contribution is 7.99. The SMILES string of the molecule is CNC(=O)NC1CCC(C(C)SC)CC1. The molecule has 0 aromatic rings. The summed E-state index contributed by atoms with van der Waals surface area (Å²) in [6.07, 6.45) is 6.93. The topological polar surface area (TPSA) is 41.1 Å². The minimum Gasteiger partial charge on any atom is -0.341 e. The maximum Gasteiger partial charge on any atom is 0.314 e. The van der Waals surface area contributed by atoms with Crippen molar-refractivity contribution in [1.29, 1.82) is 0 Å². The van der Waals surface area contributed by atoms with Crippen molar-refractivity contribution >= 4 is 17.8 Å². The lowest BCUT2D eigenvalue weighted by Gasteiger charge is -2.31. The Morgan fingerprint density at radius 1 is 1.33 bits per heavy atom. The summed E-state index contributed by atoms with van der Waals surface area (Å²) in [5.41, 5.74) is 0. The molecule has 4 heteroatoms. The molecule has 2 amide bonds. The summed E-state index contributed by atoms with van der Waals surface area (Å²) in [4.78, 5) is 11.1. The summed E-state index contributed by atoms with van der Waals surface area (Å²) in [6, 6.07) is 0.339. The highest BCUT2D eigenvalue weighted by Crippen LogP contribution is 2.31. The molecule has 1 unspecified atom stereocenters. The molecule has 1 aliphatic rings. The summed E-state index contributed by atoms with van der Waals surface area (Å²) >= 11 is 1.95. The Morgan fingerprint density at radius 3 is 2.40 bits per heavy atom. The van der Waals surface area contributed by atoms with Gasteiger partial charge in [0.15, 0.2) is 0 Å². The molecule has 0 radical (unpaired) electrons. The third-order valence-corrected chi connectivity index (χ3v) is 4.50. The van der Waals surface area contributed by atoms with Crippen molar-refractivity contribution in [1.82, 2.24) is 10.6 Å². The van der Waals surface area contributed by atoms with E-state index in [4.69, 9.17) is 0 Å². The summed E-state index contributed by atoms with van der Waals surface area (Å²) in [5, 5.41) is 6.35. The maximum atomic E-state index is 11.1. The van der Waals surface area contributed by atoms with Crippen LogP contribution in [0.15, 0.2) is 0 Å². The molecule has 88 valence electrons. The van der Waals surface area contributed by atoms with Gasteiger partial charge in [0.05, 0.1) is 0 Å². The Bertz CT molecular complexity index is 203. The number of nitrogens with one attached hydrogen (secondary N) is 2. The van der Waals surface area contributed by atoms with E-state index in [1.54, 1.807) is 7.05 Å². The number of urea groups is 1. The van der Waals surface area contributed by atoms with Gasteiger partial charge in [-0.2, -0.15) is 11.8 Å². The molecule has 1 fully saturated rings. The fourth-order valence-corrected chi connectivity index (χ4v) is 2.84. The fourth-order valence-electron chi connectivity index (χ4n) is 2.18. The second kappa shape index (κ2) is 6.26. The standard InChI is InChI=1S/C11H22N2OS/c1-8(15-3)9-4-6-10(7-5-9)13-11(14)12-2/h8-10H,4-7H2,1-3H3,(H2,12,13,14). The van der Waals surface area contributed by atoms with E-state index in [1.165, 1.54) is 12.8 Å². The summed E-state index contributed by atoms with van der Waals surface area (Å²) in [6.45, 7) is 2.31. The van der Waals surface area contributed by atoms with Crippen LogP contribution in [0, 0.1) is 5.92 Å². The Balaban J connectivity index is 2.26. The van der Waals surface area contributed by atoms with Gasteiger partial charge in [0, 0.05) is 18.3 Å². The van der Waals surface area contributed by atoms with E-state index in [0.29, 0.717) is 6.04 Å². The van der Waals surface area contributed by atoms with Gasteiger partial charge < -0.3 is 10.6 Å². The quantitative estimate of drug-likeness (QED) is 0.780. The average molecular weight is 230 g/mol. The highest BCUT2D eigenvalue weighted by atomic mass is 32.2. The maximum absolute atomic E-state index is 11.1. The lowest BCUT2D eigenvalue weighted by Crippen LogP contribution is -2.42. The van der Waals surface area contributed by atoms with E-state index in [-0.39, 0.29) is 6.03 Å². The smallest absolute Gasteiger partial charge is 0.314 e. The van der Waals surface area contributed by atoms with Crippen LogP contribution in [-0.2, 0) is 0 Å². The molecule has 1 saturated carbocycles. The Morgan fingerprint density at radius 2 is 1.93 bits per heavy atom. The number of rotatable bonds is 3. The Kier molecular flexibility index (Phi) is 5.29. The second-order valence-electron chi connectivity index (χ2n) is 4.28. The first-order chi connectivity index (χ1) is 7.17. The lowest BCUT2D eigenvalue weighted by atomic mass is 9.84. The normalized spacial score (nSPS) is 28.2. The van der Waals surface area contributed by atoms with E-state index in [0.717, 1.165) is 24.0 Å². The molecule has 0 aromatic carbocycles. The van der Waals surface area contributed by atoms with Crippen LogP contribution in [0.4, 0.5) is 4.79 Å². The van der Waals surface area contributed by atoms with Gasteiger partial charge >= 0.3 is 6.03 Å². The largest absolute Gasteiger partial charge is 0.341 e. The van der Waals surface area contributed by atoms with Crippen LogP contribution in [0.2, 0.25) is 0 Å². The van der Waals surface area contributed by atoms with Crippen molar-refractivity contribution in [2.75, 3.05) is 13.3 Å². The molecule has 1 atom stereocenters. The number of thioether (sulfide) groups is 1. The van der Waals surface area contributed by atoms with Crippen LogP contribution in [0.5, 0.6) is 0 Å². The zero-order chi connectivity index (χ0) is 11.3. The van der Waals surface area contributed by atoms with Gasteiger partial charge in [0.1, 0.15) is 0 Å². The summed E-state index contributed by atoms with van der Waals surface area (Å²) < 4.78 is 0. The Labute approximate surface area is 96.8 Å². The molecule has 0 aromatic heterocycles. The monoisotopic (exact) mass is 230 g/mol. The molecule has 0 aliphatic heterocycles. The molecule has 0 bridgehead atoms. The van der Waals surface area contributed by atoms with Gasteiger partial charge in [-0.3, -0.25) is 0 Å². The van der Waals surface area contributed by atoms with E-state index in [2.05, 4.69) is 23.8 Å². The molecule has 3 nitrogen and oxygen atoms in total. The van der Waals surface area contributed by atoms with Crippen LogP contribution < -0.4 is 10.6 Å². The first-order valence-corrected chi connectivity index (χ1v) is 6.97. The Hall–Kier alpha value is -0.380. The number of carbonyl (C=O) groups is 1. The molecule has 0 spiro atoms. The number of hydrogen-bond acceptors (Lipinski definition) is 2.